The lowest BCUT2D eigenvalue weighted by molar-refractivity contribution is 0.663. The highest BCUT2D eigenvalue weighted by molar-refractivity contribution is 5.62. The summed E-state index contributed by atoms with van der Waals surface area (Å²) >= 11 is 0. The Morgan fingerprint density at radius 2 is 1.75 bits per heavy atom. The van der Waals surface area contributed by atoms with E-state index in [9.17, 15) is 4.79 Å². The molecule has 2 aromatic rings. The van der Waals surface area contributed by atoms with E-state index in [0.29, 0.717) is 18.2 Å². The Kier molecular flexibility index (Phi) is 4.28. The molecular formula is C17H22N2O. The van der Waals surface area contributed by atoms with Crippen molar-refractivity contribution in [2.24, 2.45) is 0 Å². The summed E-state index contributed by atoms with van der Waals surface area (Å²) < 4.78 is 1.76. The van der Waals surface area contributed by atoms with E-state index in [0.717, 1.165) is 17.7 Å². The molecular weight excluding hydrogens is 248 g/mol. The van der Waals surface area contributed by atoms with Crippen LogP contribution >= 0.6 is 0 Å². The standard InChI is InChI=1S/C17H22N2O/c1-4-11-19-16(10-9-15(18)17(19)20)14-7-5-13(6-8-14)12(2)3/h5-10,12H,4,11,18H2,1-3H3. The summed E-state index contributed by atoms with van der Waals surface area (Å²) in [5.41, 5.74) is 9.22. The van der Waals surface area contributed by atoms with Crippen molar-refractivity contribution in [2.45, 2.75) is 39.7 Å². The molecule has 0 saturated carbocycles. The van der Waals surface area contributed by atoms with Crippen LogP contribution in [0.1, 0.15) is 38.7 Å². The molecule has 0 aliphatic rings. The molecule has 0 amide bonds. The van der Waals surface area contributed by atoms with Crippen LogP contribution in [0.5, 0.6) is 0 Å². The van der Waals surface area contributed by atoms with Gasteiger partial charge in [0, 0.05) is 6.54 Å². The summed E-state index contributed by atoms with van der Waals surface area (Å²) in [5.74, 6) is 0.508. The molecule has 0 atom stereocenters. The van der Waals surface area contributed by atoms with Crippen LogP contribution in [0.25, 0.3) is 11.3 Å². The fraction of sp³-hybridized carbons (Fsp3) is 0.353. The van der Waals surface area contributed by atoms with Gasteiger partial charge in [-0.1, -0.05) is 45.0 Å². The highest BCUT2D eigenvalue weighted by atomic mass is 16.1. The van der Waals surface area contributed by atoms with Gasteiger partial charge in [-0.3, -0.25) is 4.79 Å². The van der Waals surface area contributed by atoms with E-state index >= 15 is 0 Å². The van der Waals surface area contributed by atoms with E-state index in [1.165, 1.54) is 5.56 Å². The van der Waals surface area contributed by atoms with Crippen LogP contribution in [0, 0.1) is 0 Å². The summed E-state index contributed by atoms with van der Waals surface area (Å²) in [6, 6.07) is 12.0. The summed E-state index contributed by atoms with van der Waals surface area (Å²) in [7, 11) is 0. The maximum Gasteiger partial charge on any atom is 0.274 e. The van der Waals surface area contributed by atoms with Gasteiger partial charge >= 0.3 is 0 Å². The Labute approximate surface area is 120 Å². The number of nitrogen functional groups attached to an aromatic ring is 1. The van der Waals surface area contributed by atoms with Gasteiger partial charge in [-0.25, -0.2) is 0 Å². The molecule has 106 valence electrons. The molecule has 0 unspecified atom stereocenters. The van der Waals surface area contributed by atoms with Gasteiger partial charge in [0.2, 0.25) is 0 Å². The minimum absolute atomic E-state index is 0.0997. The molecule has 1 aromatic heterocycles. The Hall–Kier alpha value is -2.03. The van der Waals surface area contributed by atoms with E-state index in [1.54, 1.807) is 10.6 Å². The largest absolute Gasteiger partial charge is 0.394 e. The molecule has 3 nitrogen and oxygen atoms in total. The Morgan fingerprint density at radius 3 is 2.30 bits per heavy atom. The third-order valence-corrected chi connectivity index (χ3v) is 3.52. The predicted octanol–water partition coefficient (Wildman–Crippen LogP) is 3.63. The Balaban J connectivity index is 2.51. The number of anilines is 1. The third-order valence-electron chi connectivity index (χ3n) is 3.52. The van der Waals surface area contributed by atoms with E-state index in [4.69, 9.17) is 5.73 Å². The molecule has 3 heteroatoms. The van der Waals surface area contributed by atoms with Gasteiger partial charge in [0.15, 0.2) is 0 Å². The first kappa shape index (κ1) is 14.4. The van der Waals surface area contributed by atoms with Crippen molar-refractivity contribution in [3.8, 4) is 11.3 Å². The Morgan fingerprint density at radius 1 is 1.10 bits per heavy atom. The van der Waals surface area contributed by atoms with Gasteiger partial charge in [0.25, 0.3) is 5.56 Å². The van der Waals surface area contributed by atoms with Gasteiger partial charge < -0.3 is 10.3 Å². The van der Waals surface area contributed by atoms with Crippen molar-refractivity contribution in [3.63, 3.8) is 0 Å². The average molecular weight is 270 g/mol. The molecule has 0 aliphatic heterocycles. The number of hydrogen-bond donors (Lipinski definition) is 1. The van der Waals surface area contributed by atoms with Crippen LogP contribution < -0.4 is 11.3 Å². The molecule has 20 heavy (non-hydrogen) atoms. The zero-order valence-electron chi connectivity index (χ0n) is 12.4. The second kappa shape index (κ2) is 5.95. The maximum absolute atomic E-state index is 12.2. The van der Waals surface area contributed by atoms with Gasteiger partial charge in [-0.05, 0) is 35.6 Å². The van der Waals surface area contributed by atoms with E-state index in [2.05, 4.69) is 45.0 Å². The molecule has 0 aliphatic carbocycles. The molecule has 2 N–H and O–H groups in total. The zero-order chi connectivity index (χ0) is 14.7. The molecule has 2 rings (SSSR count). The maximum atomic E-state index is 12.2. The number of benzene rings is 1. The van der Waals surface area contributed by atoms with Crippen molar-refractivity contribution in [2.75, 3.05) is 5.73 Å². The highest BCUT2D eigenvalue weighted by Crippen LogP contribution is 2.22. The van der Waals surface area contributed by atoms with Crippen LogP contribution in [-0.4, -0.2) is 4.57 Å². The van der Waals surface area contributed by atoms with Crippen molar-refractivity contribution < 1.29 is 0 Å². The second-order valence-electron chi connectivity index (χ2n) is 5.41. The monoisotopic (exact) mass is 270 g/mol. The van der Waals surface area contributed by atoms with Crippen LogP contribution in [0.2, 0.25) is 0 Å². The first-order valence-electron chi connectivity index (χ1n) is 7.14. The SMILES string of the molecule is CCCn1c(-c2ccc(C(C)C)cc2)ccc(N)c1=O. The smallest absolute Gasteiger partial charge is 0.274 e. The van der Waals surface area contributed by atoms with E-state index in [1.807, 2.05) is 6.07 Å². The lowest BCUT2D eigenvalue weighted by Crippen LogP contribution is -2.24. The van der Waals surface area contributed by atoms with Crippen LogP contribution in [0.15, 0.2) is 41.2 Å². The van der Waals surface area contributed by atoms with Crippen LogP contribution in [0.4, 0.5) is 5.69 Å². The normalized spacial score (nSPS) is 11.0. The number of nitrogens with zero attached hydrogens (tertiary/aromatic N) is 1. The highest BCUT2D eigenvalue weighted by Gasteiger charge is 2.08. The fourth-order valence-electron chi connectivity index (χ4n) is 2.33. The third kappa shape index (κ3) is 2.77. The average Bonchev–Trinajstić information content (AvgIpc) is 2.44. The first-order valence-corrected chi connectivity index (χ1v) is 7.14. The van der Waals surface area contributed by atoms with Gasteiger partial charge in [0.1, 0.15) is 0 Å². The van der Waals surface area contributed by atoms with Crippen LogP contribution in [-0.2, 0) is 6.54 Å². The van der Waals surface area contributed by atoms with Gasteiger partial charge in [-0.15, -0.1) is 0 Å². The topological polar surface area (TPSA) is 48.0 Å². The molecule has 0 fully saturated rings. The lowest BCUT2D eigenvalue weighted by Gasteiger charge is -2.14. The molecule has 1 aromatic carbocycles. The molecule has 0 bridgehead atoms. The summed E-state index contributed by atoms with van der Waals surface area (Å²) in [6.07, 6.45) is 0.903. The number of nitrogens with two attached hydrogens (primary N) is 1. The number of rotatable bonds is 4. The molecule has 1 heterocycles. The predicted molar refractivity (Wildman–Crippen MR) is 84.9 cm³/mol. The number of hydrogen-bond acceptors (Lipinski definition) is 2. The van der Waals surface area contributed by atoms with Gasteiger partial charge in [0.05, 0.1) is 11.4 Å². The molecule has 0 spiro atoms. The zero-order valence-corrected chi connectivity index (χ0v) is 12.4. The first-order chi connectivity index (χ1) is 9.54. The molecule has 0 saturated heterocycles. The quantitative estimate of drug-likeness (QED) is 0.922. The van der Waals surface area contributed by atoms with Gasteiger partial charge in [-0.2, -0.15) is 0 Å². The number of pyridine rings is 1. The van der Waals surface area contributed by atoms with Crippen molar-refractivity contribution in [3.05, 3.63) is 52.3 Å². The minimum atomic E-state index is -0.0997. The molecule has 0 radical (unpaired) electrons. The summed E-state index contributed by atoms with van der Waals surface area (Å²) in [5, 5.41) is 0. The Bertz CT molecular complexity index is 639. The fourth-order valence-corrected chi connectivity index (χ4v) is 2.33. The summed E-state index contributed by atoms with van der Waals surface area (Å²) in [6.45, 7) is 7.09. The second-order valence-corrected chi connectivity index (χ2v) is 5.41. The summed E-state index contributed by atoms with van der Waals surface area (Å²) in [4.78, 5) is 12.2. The van der Waals surface area contributed by atoms with E-state index in [-0.39, 0.29) is 5.56 Å². The van der Waals surface area contributed by atoms with E-state index < -0.39 is 0 Å². The van der Waals surface area contributed by atoms with Crippen molar-refractivity contribution >= 4 is 5.69 Å². The number of aromatic nitrogens is 1. The minimum Gasteiger partial charge on any atom is -0.394 e. The lowest BCUT2D eigenvalue weighted by atomic mass is 10.0. The van der Waals surface area contributed by atoms with Crippen LogP contribution in [0.3, 0.4) is 0 Å². The van der Waals surface area contributed by atoms with Crippen molar-refractivity contribution in [1.29, 1.82) is 0 Å². The van der Waals surface area contributed by atoms with Crippen molar-refractivity contribution in [1.82, 2.24) is 4.57 Å².